The summed E-state index contributed by atoms with van der Waals surface area (Å²) < 4.78 is 10.3. The topological polar surface area (TPSA) is 72.8 Å². The predicted molar refractivity (Wildman–Crippen MR) is 49.2 cm³/mol. The Morgan fingerprint density at radius 2 is 2.13 bits per heavy atom. The third kappa shape index (κ3) is 1.97. The fraction of sp³-hybridized carbons (Fsp3) is 0.800. The van der Waals surface area contributed by atoms with Crippen molar-refractivity contribution in [1.82, 2.24) is 0 Å². The molecule has 2 rings (SSSR count). The number of esters is 1. The zero-order valence-electron chi connectivity index (χ0n) is 8.40. The molecule has 0 amide bonds. The molecular formula is C10H14O5. The summed E-state index contributed by atoms with van der Waals surface area (Å²) in [6, 6.07) is 0. The number of carbonyl (C=O) groups is 2. The summed E-state index contributed by atoms with van der Waals surface area (Å²) in [4.78, 5) is 22.2. The molecule has 1 atom stereocenters. The van der Waals surface area contributed by atoms with Crippen LogP contribution in [0.3, 0.4) is 0 Å². The van der Waals surface area contributed by atoms with Crippen LogP contribution in [0.5, 0.6) is 0 Å². The average molecular weight is 214 g/mol. The molecule has 2 aliphatic rings. The van der Waals surface area contributed by atoms with Gasteiger partial charge in [0.15, 0.2) is 0 Å². The van der Waals surface area contributed by atoms with Gasteiger partial charge in [-0.05, 0) is 12.8 Å². The van der Waals surface area contributed by atoms with Gasteiger partial charge in [0, 0.05) is 19.6 Å². The zero-order chi connectivity index (χ0) is 10.9. The highest BCUT2D eigenvalue weighted by Gasteiger charge is 2.49. The minimum Gasteiger partial charge on any atom is -0.481 e. The van der Waals surface area contributed by atoms with E-state index in [1.165, 1.54) is 0 Å². The summed E-state index contributed by atoms with van der Waals surface area (Å²) in [5.41, 5.74) is -0.460. The Labute approximate surface area is 87.4 Å². The summed E-state index contributed by atoms with van der Waals surface area (Å²) in [5, 5.41) is 8.63. The van der Waals surface area contributed by atoms with Crippen molar-refractivity contribution < 1.29 is 24.2 Å². The first-order chi connectivity index (χ1) is 7.12. The first-order valence-electron chi connectivity index (χ1n) is 5.13. The number of aliphatic carboxylic acids is 1. The van der Waals surface area contributed by atoms with E-state index in [0.717, 1.165) is 0 Å². The van der Waals surface area contributed by atoms with Crippen LogP contribution in [0.1, 0.15) is 25.7 Å². The molecule has 1 N–H and O–H groups in total. The second-order valence-electron chi connectivity index (χ2n) is 4.22. The molecule has 2 saturated heterocycles. The SMILES string of the molecule is O=C(O)CC1CC2(CCOCC2)C(=O)O1. The summed E-state index contributed by atoms with van der Waals surface area (Å²) in [5.74, 6) is -1.16. The van der Waals surface area contributed by atoms with Gasteiger partial charge < -0.3 is 14.6 Å². The fourth-order valence-corrected chi connectivity index (χ4v) is 2.32. The molecule has 0 aromatic rings. The van der Waals surface area contributed by atoms with Gasteiger partial charge in [0.1, 0.15) is 6.10 Å². The molecule has 0 saturated carbocycles. The molecule has 1 spiro atoms. The second kappa shape index (κ2) is 3.81. The lowest BCUT2D eigenvalue weighted by Crippen LogP contribution is -2.33. The molecule has 0 radical (unpaired) electrons. The Morgan fingerprint density at radius 1 is 1.47 bits per heavy atom. The number of carboxylic acid groups (broad SMARTS) is 1. The highest BCUT2D eigenvalue weighted by molar-refractivity contribution is 5.80. The van der Waals surface area contributed by atoms with Crippen molar-refractivity contribution in [3.63, 3.8) is 0 Å². The van der Waals surface area contributed by atoms with E-state index < -0.39 is 17.5 Å². The third-order valence-electron chi connectivity index (χ3n) is 3.18. The van der Waals surface area contributed by atoms with Crippen molar-refractivity contribution >= 4 is 11.9 Å². The van der Waals surface area contributed by atoms with Crippen LogP contribution in [0.4, 0.5) is 0 Å². The Bertz CT molecular complexity index is 280. The Kier molecular flexibility index (Phi) is 2.65. The van der Waals surface area contributed by atoms with E-state index in [4.69, 9.17) is 14.6 Å². The van der Waals surface area contributed by atoms with E-state index in [-0.39, 0.29) is 12.4 Å². The Morgan fingerprint density at radius 3 is 2.73 bits per heavy atom. The van der Waals surface area contributed by atoms with Crippen LogP contribution >= 0.6 is 0 Å². The molecule has 5 heteroatoms. The molecular weight excluding hydrogens is 200 g/mol. The maximum absolute atomic E-state index is 11.7. The van der Waals surface area contributed by atoms with Crippen LogP contribution in [0.2, 0.25) is 0 Å². The van der Waals surface area contributed by atoms with Gasteiger partial charge in [-0.3, -0.25) is 9.59 Å². The van der Waals surface area contributed by atoms with Gasteiger partial charge in [-0.2, -0.15) is 0 Å². The smallest absolute Gasteiger partial charge is 0.312 e. The first-order valence-corrected chi connectivity index (χ1v) is 5.13. The van der Waals surface area contributed by atoms with E-state index in [9.17, 15) is 9.59 Å². The molecule has 2 fully saturated rings. The van der Waals surface area contributed by atoms with Crippen molar-refractivity contribution in [1.29, 1.82) is 0 Å². The van der Waals surface area contributed by atoms with Crippen LogP contribution in [-0.2, 0) is 19.1 Å². The first kappa shape index (κ1) is 10.4. The van der Waals surface area contributed by atoms with Crippen molar-refractivity contribution in [3.05, 3.63) is 0 Å². The molecule has 15 heavy (non-hydrogen) atoms. The lowest BCUT2D eigenvalue weighted by molar-refractivity contribution is -0.153. The van der Waals surface area contributed by atoms with Gasteiger partial charge in [0.05, 0.1) is 11.8 Å². The molecule has 2 aliphatic heterocycles. The second-order valence-corrected chi connectivity index (χ2v) is 4.22. The summed E-state index contributed by atoms with van der Waals surface area (Å²) in [7, 11) is 0. The lowest BCUT2D eigenvalue weighted by Gasteiger charge is -2.28. The van der Waals surface area contributed by atoms with Crippen molar-refractivity contribution in [2.75, 3.05) is 13.2 Å². The number of carbonyl (C=O) groups excluding carboxylic acids is 1. The fourth-order valence-electron chi connectivity index (χ4n) is 2.32. The highest BCUT2D eigenvalue weighted by atomic mass is 16.6. The zero-order valence-corrected chi connectivity index (χ0v) is 8.40. The molecule has 0 aromatic heterocycles. The number of cyclic esters (lactones) is 1. The maximum atomic E-state index is 11.7. The van der Waals surface area contributed by atoms with E-state index in [2.05, 4.69) is 0 Å². The molecule has 1 unspecified atom stereocenters. The normalized spacial score (nSPS) is 29.1. The van der Waals surface area contributed by atoms with Gasteiger partial charge in [0.25, 0.3) is 0 Å². The average Bonchev–Trinajstić information content (AvgIpc) is 2.43. The Hall–Kier alpha value is -1.10. The van der Waals surface area contributed by atoms with Gasteiger partial charge in [-0.1, -0.05) is 0 Å². The van der Waals surface area contributed by atoms with Crippen LogP contribution in [0, 0.1) is 5.41 Å². The van der Waals surface area contributed by atoms with Crippen molar-refractivity contribution in [2.24, 2.45) is 5.41 Å². The van der Waals surface area contributed by atoms with Gasteiger partial charge in [-0.25, -0.2) is 0 Å². The minimum atomic E-state index is -0.920. The Balaban J connectivity index is 2.02. The van der Waals surface area contributed by atoms with Gasteiger partial charge in [0.2, 0.25) is 0 Å². The van der Waals surface area contributed by atoms with Crippen LogP contribution in [-0.4, -0.2) is 36.4 Å². The van der Waals surface area contributed by atoms with Gasteiger partial charge >= 0.3 is 11.9 Å². The van der Waals surface area contributed by atoms with E-state index in [1.54, 1.807) is 0 Å². The monoisotopic (exact) mass is 214 g/mol. The summed E-state index contributed by atoms with van der Waals surface area (Å²) in [6.07, 6.45) is 1.30. The molecule has 0 aliphatic carbocycles. The maximum Gasteiger partial charge on any atom is 0.312 e. The minimum absolute atomic E-state index is 0.0889. The molecule has 0 aromatic carbocycles. The van der Waals surface area contributed by atoms with E-state index >= 15 is 0 Å². The number of rotatable bonds is 2. The van der Waals surface area contributed by atoms with Crippen molar-refractivity contribution in [2.45, 2.75) is 31.8 Å². The van der Waals surface area contributed by atoms with E-state index in [1.807, 2.05) is 0 Å². The number of hydrogen-bond acceptors (Lipinski definition) is 4. The van der Waals surface area contributed by atoms with Crippen LogP contribution in [0.25, 0.3) is 0 Å². The molecule has 5 nitrogen and oxygen atoms in total. The molecule has 2 heterocycles. The van der Waals surface area contributed by atoms with E-state index in [0.29, 0.717) is 32.5 Å². The number of hydrogen-bond donors (Lipinski definition) is 1. The van der Waals surface area contributed by atoms with Gasteiger partial charge in [-0.15, -0.1) is 0 Å². The van der Waals surface area contributed by atoms with Crippen LogP contribution < -0.4 is 0 Å². The molecule has 0 bridgehead atoms. The quantitative estimate of drug-likeness (QED) is 0.680. The standard InChI is InChI=1S/C10H14O5/c11-8(12)5-7-6-10(9(13)15-7)1-3-14-4-2-10/h7H,1-6H2,(H,11,12). The highest BCUT2D eigenvalue weighted by Crippen LogP contribution is 2.43. The summed E-state index contributed by atoms with van der Waals surface area (Å²) >= 11 is 0. The lowest BCUT2D eigenvalue weighted by atomic mass is 9.77. The van der Waals surface area contributed by atoms with Crippen molar-refractivity contribution in [3.8, 4) is 0 Å². The third-order valence-corrected chi connectivity index (χ3v) is 3.18. The summed E-state index contributed by atoms with van der Waals surface area (Å²) in [6.45, 7) is 1.13. The van der Waals surface area contributed by atoms with Crippen LogP contribution in [0.15, 0.2) is 0 Å². The molecule has 84 valence electrons. The largest absolute Gasteiger partial charge is 0.481 e. The number of ether oxygens (including phenoxy) is 2. The predicted octanol–water partition coefficient (Wildman–Crippen LogP) is 0.573. The number of carboxylic acids is 1.